The fraction of sp³-hybridized carbons (Fsp3) is 0. The van der Waals surface area contributed by atoms with Crippen molar-refractivity contribution in [1.82, 2.24) is 0 Å². The zero-order chi connectivity index (χ0) is 18.2. The Bertz CT molecular complexity index is 1270. The molecule has 5 aromatic carbocycles. The molecule has 128 valence electrons. The summed E-state index contributed by atoms with van der Waals surface area (Å²) in [5.41, 5.74) is 4.96. The Morgan fingerprint density at radius 2 is 1.11 bits per heavy atom. The average Bonchev–Trinajstić information content (AvgIpc) is 2.73. The lowest BCUT2D eigenvalue weighted by atomic mass is 9.92. The second kappa shape index (κ2) is 6.57. The zero-order valence-electron chi connectivity index (χ0n) is 14.7. The molecular formula is C26H17Cl. The number of fused-ring (bicyclic) bond motifs is 3. The van der Waals surface area contributed by atoms with Crippen LogP contribution in [-0.2, 0) is 0 Å². The highest BCUT2D eigenvalue weighted by atomic mass is 35.5. The molecule has 0 fully saturated rings. The smallest absolute Gasteiger partial charge is 0.0412 e. The Hall–Kier alpha value is -3.09. The van der Waals surface area contributed by atoms with Crippen molar-refractivity contribution in [2.75, 3.05) is 0 Å². The van der Waals surface area contributed by atoms with E-state index in [1.54, 1.807) is 0 Å². The molecule has 5 rings (SSSR count). The second-order valence-electron chi connectivity index (χ2n) is 6.78. The molecular weight excluding hydrogens is 348 g/mol. The lowest BCUT2D eigenvalue weighted by Gasteiger charge is -2.12. The van der Waals surface area contributed by atoms with Crippen molar-refractivity contribution in [3.05, 3.63) is 108 Å². The van der Waals surface area contributed by atoms with Crippen molar-refractivity contribution < 1.29 is 0 Å². The van der Waals surface area contributed by atoms with E-state index < -0.39 is 0 Å². The molecule has 0 heterocycles. The summed E-state index contributed by atoms with van der Waals surface area (Å²) in [6, 6.07) is 36.3. The van der Waals surface area contributed by atoms with Gasteiger partial charge in [0.05, 0.1) is 0 Å². The zero-order valence-corrected chi connectivity index (χ0v) is 15.4. The average molecular weight is 365 g/mol. The van der Waals surface area contributed by atoms with E-state index in [9.17, 15) is 0 Å². The van der Waals surface area contributed by atoms with Crippen molar-refractivity contribution in [2.45, 2.75) is 0 Å². The van der Waals surface area contributed by atoms with Crippen molar-refractivity contribution in [3.8, 4) is 22.3 Å². The molecule has 0 saturated heterocycles. The molecule has 0 aromatic heterocycles. The fourth-order valence-corrected chi connectivity index (χ4v) is 3.98. The first kappa shape index (κ1) is 16.1. The maximum atomic E-state index is 6.19. The van der Waals surface area contributed by atoms with Gasteiger partial charge in [-0.2, -0.15) is 0 Å². The highest BCUT2D eigenvalue weighted by Crippen LogP contribution is 2.35. The molecule has 0 spiro atoms. The Labute approximate surface area is 163 Å². The van der Waals surface area contributed by atoms with Gasteiger partial charge in [-0.1, -0.05) is 96.5 Å². The van der Waals surface area contributed by atoms with Crippen LogP contribution in [0.5, 0.6) is 0 Å². The normalized spacial score (nSPS) is 11.1. The molecule has 0 aliphatic heterocycles. The summed E-state index contributed by atoms with van der Waals surface area (Å²) < 4.78 is 0. The summed E-state index contributed by atoms with van der Waals surface area (Å²) in [5, 5.41) is 5.67. The maximum Gasteiger partial charge on any atom is 0.0412 e. The van der Waals surface area contributed by atoms with E-state index in [0.717, 1.165) is 5.02 Å². The Morgan fingerprint density at radius 3 is 1.93 bits per heavy atom. The van der Waals surface area contributed by atoms with Crippen molar-refractivity contribution in [2.24, 2.45) is 0 Å². The van der Waals surface area contributed by atoms with Gasteiger partial charge >= 0.3 is 0 Å². The number of rotatable bonds is 2. The molecule has 0 N–H and O–H groups in total. The molecule has 0 nitrogen and oxygen atoms in total. The van der Waals surface area contributed by atoms with Gasteiger partial charge in [0.25, 0.3) is 0 Å². The summed E-state index contributed by atoms with van der Waals surface area (Å²) in [5.74, 6) is 0. The van der Waals surface area contributed by atoms with Gasteiger partial charge in [0, 0.05) is 5.02 Å². The highest BCUT2D eigenvalue weighted by Gasteiger charge is 2.09. The monoisotopic (exact) mass is 364 g/mol. The van der Waals surface area contributed by atoms with E-state index >= 15 is 0 Å². The SMILES string of the molecule is Clc1ccc2c(ccc3ccc(-c4ccccc4-c4ccccc4)cc32)c1. The van der Waals surface area contributed by atoms with E-state index in [1.807, 2.05) is 12.1 Å². The van der Waals surface area contributed by atoms with E-state index in [2.05, 4.69) is 91.0 Å². The summed E-state index contributed by atoms with van der Waals surface area (Å²) >= 11 is 6.19. The van der Waals surface area contributed by atoms with Crippen LogP contribution in [0.25, 0.3) is 43.8 Å². The van der Waals surface area contributed by atoms with E-state index in [-0.39, 0.29) is 0 Å². The van der Waals surface area contributed by atoms with Crippen LogP contribution in [-0.4, -0.2) is 0 Å². The fourth-order valence-electron chi connectivity index (χ4n) is 3.80. The van der Waals surface area contributed by atoms with Gasteiger partial charge in [-0.15, -0.1) is 0 Å². The summed E-state index contributed by atoms with van der Waals surface area (Å²) in [4.78, 5) is 0. The maximum absolute atomic E-state index is 6.19. The largest absolute Gasteiger partial charge is 0.0843 e. The number of benzene rings is 5. The topological polar surface area (TPSA) is 0 Å². The highest BCUT2D eigenvalue weighted by molar-refractivity contribution is 6.31. The third-order valence-corrected chi connectivity index (χ3v) is 5.36. The van der Waals surface area contributed by atoms with Crippen molar-refractivity contribution in [3.63, 3.8) is 0 Å². The Balaban J connectivity index is 1.76. The van der Waals surface area contributed by atoms with Crippen molar-refractivity contribution in [1.29, 1.82) is 0 Å². The quantitative estimate of drug-likeness (QED) is 0.278. The molecule has 0 aliphatic rings. The lowest BCUT2D eigenvalue weighted by molar-refractivity contribution is 1.59. The van der Waals surface area contributed by atoms with Crippen LogP contribution in [0.3, 0.4) is 0 Å². The molecule has 0 bridgehead atoms. The van der Waals surface area contributed by atoms with Crippen LogP contribution < -0.4 is 0 Å². The summed E-state index contributed by atoms with van der Waals surface area (Å²) in [6.45, 7) is 0. The minimum atomic E-state index is 0.771. The summed E-state index contributed by atoms with van der Waals surface area (Å²) in [7, 11) is 0. The van der Waals surface area contributed by atoms with Gasteiger partial charge in [0.15, 0.2) is 0 Å². The number of hydrogen-bond donors (Lipinski definition) is 0. The van der Waals surface area contributed by atoms with Crippen LogP contribution in [0.2, 0.25) is 5.02 Å². The van der Waals surface area contributed by atoms with E-state index in [4.69, 9.17) is 11.6 Å². The molecule has 0 radical (unpaired) electrons. The molecule has 27 heavy (non-hydrogen) atoms. The number of hydrogen-bond acceptors (Lipinski definition) is 0. The molecule has 0 unspecified atom stereocenters. The first-order valence-corrected chi connectivity index (χ1v) is 9.44. The second-order valence-corrected chi connectivity index (χ2v) is 7.21. The van der Waals surface area contributed by atoms with E-state index in [1.165, 1.54) is 43.8 Å². The molecule has 0 saturated carbocycles. The van der Waals surface area contributed by atoms with Crippen LogP contribution >= 0.6 is 11.6 Å². The molecule has 0 atom stereocenters. The predicted octanol–water partition coefficient (Wildman–Crippen LogP) is 7.98. The number of halogens is 1. The lowest BCUT2D eigenvalue weighted by Crippen LogP contribution is -1.86. The first-order chi connectivity index (χ1) is 13.3. The molecule has 1 heteroatoms. The van der Waals surface area contributed by atoms with Crippen LogP contribution in [0.15, 0.2) is 103 Å². The van der Waals surface area contributed by atoms with Gasteiger partial charge < -0.3 is 0 Å². The molecule has 0 amide bonds. The minimum absolute atomic E-state index is 0.771. The predicted molar refractivity (Wildman–Crippen MR) is 117 cm³/mol. The standard InChI is InChI=1S/C26H17Cl/c27-22-14-15-25-20(16-22)12-10-19-11-13-21(17-26(19)25)24-9-5-4-8-23(24)18-6-2-1-3-7-18/h1-17H. The third-order valence-electron chi connectivity index (χ3n) is 5.12. The molecule has 5 aromatic rings. The third kappa shape index (κ3) is 2.89. The summed E-state index contributed by atoms with van der Waals surface area (Å²) in [6.07, 6.45) is 0. The van der Waals surface area contributed by atoms with Gasteiger partial charge in [0.1, 0.15) is 0 Å². The Kier molecular flexibility index (Phi) is 3.92. The van der Waals surface area contributed by atoms with Crippen LogP contribution in [0.1, 0.15) is 0 Å². The molecule has 0 aliphatic carbocycles. The Morgan fingerprint density at radius 1 is 0.444 bits per heavy atom. The van der Waals surface area contributed by atoms with Crippen LogP contribution in [0, 0.1) is 0 Å². The first-order valence-electron chi connectivity index (χ1n) is 9.06. The van der Waals surface area contributed by atoms with E-state index in [0.29, 0.717) is 0 Å². The van der Waals surface area contributed by atoms with Gasteiger partial charge in [-0.25, -0.2) is 0 Å². The van der Waals surface area contributed by atoms with Crippen LogP contribution in [0.4, 0.5) is 0 Å². The van der Waals surface area contributed by atoms with Crippen molar-refractivity contribution >= 4 is 33.1 Å². The van der Waals surface area contributed by atoms with Gasteiger partial charge in [-0.3, -0.25) is 0 Å². The minimum Gasteiger partial charge on any atom is -0.0843 e. The van der Waals surface area contributed by atoms with Gasteiger partial charge in [0.2, 0.25) is 0 Å². The van der Waals surface area contributed by atoms with Gasteiger partial charge in [-0.05, 0) is 62.0 Å².